The van der Waals surface area contributed by atoms with E-state index in [0.29, 0.717) is 6.04 Å². The van der Waals surface area contributed by atoms with Crippen LogP contribution in [0, 0.1) is 0 Å². The van der Waals surface area contributed by atoms with E-state index in [0.717, 1.165) is 6.04 Å². The third-order valence-electron chi connectivity index (χ3n) is 3.85. The number of rotatable bonds is 6. The summed E-state index contributed by atoms with van der Waals surface area (Å²) in [6.07, 6.45) is 6.70. The van der Waals surface area contributed by atoms with Gasteiger partial charge in [0.25, 0.3) is 0 Å². The van der Waals surface area contributed by atoms with Gasteiger partial charge in [0.1, 0.15) is 0 Å². The average Bonchev–Trinajstić information content (AvgIpc) is 3.09. The summed E-state index contributed by atoms with van der Waals surface area (Å²) in [4.78, 5) is 5.30. The Morgan fingerprint density at radius 3 is 2.38 bits per heavy atom. The zero-order valence-corrected chi connectivity index (χ0v) is 10.7. The van der Waals surface area contributed by atoms with Crippen molar-refractivity contribution in [3.8, 4) is 0 Å². The molecule has 94 valence electrons. The first kappa shape index (κ1) is 12.3. The van der Waals surface area contributed by atoms with E-state index < -0.39 is 0 Å². The van der Waals surface area contributed by atoms with Crippen LogP contribution < -0.4 is 5.73 Å². The largest absolute Gasteiger partial charge is 0.328 e. The molecule has 1 saturated carbocycles. The molecule has 1 aliphatic heterocycles. The van der Waals surface area contributed by atoms with E-state index in [9.17, 15) is 0 Å². The van der Waals surface area contributed by atoms with E-state index in [2.05, 4.69) is 16.7 Å². The first-order valence-electron chi connectivity index (χ1n) is 6.97. The summed E-state index contributed by atoms with van der Waals surface area (Å²) < 4.78 is 0. The number of nitrogens with zero attached hydrogens (tertiary/aromatic N) is 2. The lowest BCUT2D eigenvalue weighted by molar-refractivity contribution is 0.125. The zero-order valence-electron chi connectivity index (χ0n) is 10.7. The number of nitrogens with two attached hydrogens (primary N) is 1. The Morgan fingerprint density at radius 1 is 1.12 bits per heavy atom. The second-order valence-electron chi connectivity index (χ2n) is 5.58. The fourth-order valence-corrected chi connectivity index (χ4v) is 2.59. The quantitative estimate of drug-likeness (QED) is 0.691. The van der Waals surface area contributed by atoms with Crippen molar-refractivity contribution in [2.45, 2.75) is 51.1 Å². The number of hydrogen-bond donors (Lipinski definition) is 1. The monoisotopic (exact) mass is 225 g/mol. The van der Waals surface area contributed by atoms with Gasteiger partial charge in [-0.25, -0.2) is 0 Å². The molecule has 0 bridgehead atoms. The minimum atomic E-state index is 0.381. The SMILES string of the molecule is CC(N)CCCCN1CCN(C2CC2)CC1. The van der Waals surface area contributed by atoms with E-state index in [1.807, 2.05) is 0 Å². The molecular weight excluding hydrogens is 198 g/mol. The molecule has 1 heterocycles. The molecule has 2 N–H and O–H groups in total. The molecule has 1 saturated heterocycles. The molecule has 0 spiro atoms. The van der Waals surface area contributed by atoms with Gasteiger partial charge in [-0.3, -0.25) is 4.90 Å². The molecule has 0 amide bonds. The van der Waals surface area contributed by atoms with Crippen LogP contribution in [0.4, 0.5) is 0 Å². The highest BCUT2D eigenvalue weighted by Gasteiger charge is 2.30. The van der Waals surface area contributed by atoms with Crippen molar-refractivity contribution in [3.05, 3.63) is 0 Å². The molecule has 1 aliphatic carbocycles. The van der Waals surface area contributed by atoms with Crippen LogP contribution in [0.2, 0.25) is 0 Å². The van der Waals surface area contributed by atoms with Crippen LogP contribution in [0.25, 0.3) is 0 Å². The molecule has 2 aliphatic rings. The maximum absolute atomic E-state index is 5.75. The summed E-state index contributed by atoms with van der Waals surface area (Å²) in [5.74, 6) is 0. The molecule has 2 rings (SSSR count). The summed E-state index contributed by atoms with van der Waals surface area (Å²) >= 11 is 0. The van der Waals surface area contributed by atoms with Gasteiger partial charge >= 0.3 is 0 Å². The third kappa shape index (κ3) is 4.04. The van der Waals surface area contributed by atoms with Crippen molar-refractivity contribution in [1.82, 2.24) is 9.80 Å². The molecular formula is C13H27N3. The summed E-state index contributed by atoms with van der Waals surface area (Å²) in [7, 11) is 0. The summed E-state index contributed by atoms with van der Waals surface area (Å²) in [6, 6.07) is 1.34. The van der Waals surface area contributed by atoms with Crippen LogP contribution in [0.1, 0.15) is 39.0 Å². The third-order valence-corrected chi connectivity index (χ3v) is 3.85. The van der Waals surface area contributed by atoms with Crippen LogP contribution in [0.5, 0.6) is 0 Å². The van der Waals surface area contributed by atoms with Gasteiger partial charge in [-0.1, -0.05) is 6.42 Å². The average molecular weight is 225 g/mol. The Hall–Kier alpha value is -0.120. The van der Waals surface area contributed by atoms with Crippen LogP contribution in [-0.4, -0.2) is 54.6 Å². The fourth-order valence-electron chi connectivity index (χ4n) is 2.59. The number of piperazine rings is 1. The lowest BCUT2D eigenvalue weighted by Crippen LogP contribution is -2.47. The Labute approximate surface area is 100.0 Å². The smallest absolute Gasteiger partial charge is 0.0113 e. The van der Waals surface area contributed by atoms with E-state index >= 15 is 0 Å². The minimum Gasteiger partial charge on any atom is -0.328 e. The minimum absolute atomic E-state index is 0.381. The highest BCUT2D eigenvalue weighted by atomic mass is 15.3. The van der Waals surface area contributed by atoms with Gasteiger partial charge in [0.05, 0.1) is 0 Å². The molecule has 16 heavy (non-hydrogen) atoms. The molecule has 3 nitrogen and oxygen atoms in total. The standard InChI is InChI=1S/C13H27N3/c1-12(14)4-2-3-7-15-8-10-16(11-9-15)13-5-6-13/h12-13H,2-11,14H2,1H3. The molecule has 1 unspecified atom stereocenters. The molecule has 0 aromatic rings. The zero-order chi connectivity index (χ0) is 11.4. The van der Waals surface area contributed by atoms with E-state index in [1.165, 1.54) is 64.8 Å². The van der Waals surface area contributed by atoms with Gasteiger partial charge in [0, 0.05) is 38.3 Å². The molecule has 0 aromatic carbocycles. The van der Waals surface area contributed by atoms with Crippen LogP contribution in [0.15, 0.2) is 0 Å². The number of hydrogen-bond acceptors (Lipinski definition) is 3. The maximum Gasteiger partial charge on any atom is 0.0113 e. The van der Waals surface area contributed by atoms with Crippen molar-refractivity contribution in [1.29, 1.82) is 0 Å². The van der Waals surface area contributed by atoms with Crippen molar-refractivity contribution in [2.24, 2.45) is 5.73 Å². The van der Waals surface area contributed by atoms with E-state index in [-0.39, 0.29) is 0 Å². The van der Waals surface area contributed by atoms with Crippen LogP contribution >= 0.6 is 0 Å². The topological polar surface area (TPSA) is 32.5 Å². The van der Waals surface area contributed by atoms with Crippen molar-refractivity contribution in [3.63, 3.8) is 0 Å². The lowest BCUT2D eigenvalue weighted by Gasteiger charge is -2.34. The Bertz CT molecular complexity index is 193. The first-order valence-corrected chi connectivity index (χ1v) is 6.97. The van der Waals surface area contributed by atoms with Crippen molar-refractivity contribution < 1.29 is 0 Å². The van der Waals surface area contributed by atoms with Gasteiger partial charge < -0.3 is 10.6 Å². The first-order chi connectivity index (χ1) is 7.75. The second-order valence-corrected chi connectivity index (χ2v) is 5.58. The predicted octanol–water partition coefficient (Wildman–Crippen LogP) is 1.28. The summed E-state index contributed by atoms with van der Waals surface area (Å²) in [6.45, 7) is 8.57. The van der Waals surface area contributed by atoms with Crippen LogP contribution in [-0.2, 0) is 0 Å². The Morgan fingerprint density at radius 2 is 1.81 bits per heavy atom. The van der Waals surface area contributed by atoms with Gasteiger partial charge in [-0.2, -0.15) is 0 Å². The van der Waals surface area contributed by atoms with E-state index in [4.69, 9.17) is 5.73 Å². The van der Waals surface area contributed by atoms with Crippen molar-refractivity contribution in [2.75, 3.05) is 32.7 Å². The highest BCUT2D eigenvalue weighted by Crippen LogP contribution is 2.27. The predicted molar refractivity (Wildman–Crippen MR) is 68.5 cm³/mol. The molecule has 3 heteroatoms. The van der Waals surface area contributed by atoms with E-state index in [1.54, 1.807) is 0 Å². The van der Waals surface area contributed by atoms with Gasteiger partial charge in [0.2, 0.25) is 0 Å². The Kier molecular flexibility index (Phi) is 4.62. The Balaban J connectivity index is 1.51. The van der Waals surface area contributed by atoms with Gasteiger partial charge in [0.15, 0.2) is 0 Å². The van der Waals surface area contributed by atoms with Gasteiger partial charge in [-0.15, -0.1) is 0 Å². The fraction of sp³-hybridized carbons (Fsp3) is 1.00. The summed E-state index contributed by atoms with van der Waals surface area (Å²) in [5, 5.41) is 0. The maximum atomic E-state index is 5.75. The molecule has 0 radical (unpaired) electrons. The molecule has 0 aromatic heterocycles. The number of unbranched alkanes of at least 4 members (excludes halogenated alkanes) is 1. The van der Waals surface area contributed by atoms with Crippen molar-refractivity contribution >= 4 is 0 Å². The summed E-state index contributed by atoms with van der Waals surface area (Å²) in [5.41, 5.74) is 5.75. The highest BCUT2D eigenvalue weighted by molar-refractivity contribution is 4.87. The molecule has 1 atom stereocenters. The lowest BCUT2D eigenvalue weighted by atomic mass is 10.1. The van der Waals surface area contributed by atoms with Gasteiger partial charge in [-0.05, 0) is 39.2 Å². The van der Waals surface area contributed by atoms with Crippen LogP contribution in [0.3, 0.4) is 0 Å². The normalized spacial score (nSPS) is 25.9. The second kappa shape index (κ2) is 5.99. The molecule has 2 fully saturated rings.